The van der Waals surface area contributed by atoms with Crippen LogP contribution in [0.5, 0.6) is 0 Å². The Balaban J connectivity index is 2.24. The first-order chi connectivity index (χ1) is 8.97. The van der Waals surface area contributed by atoms with Crippen LogP contribution in [0.2, 0.25) is 10.0 Å². The summed E-state index contributed by atoms with van der Waals surface area (Å²) in [4.78, 5) is 12.6. The lowest BCUT2D eigenvalue weighted by atomic mass is 10.2. The van der Waals surface area contributed by atoms with Crippen LogP contribution in [0.15, 0.2) is 41.3 Å². The van der Waals surface area contributed by atoms with Crippen molar-refractivity contribution in [2.75, 3.05) is 5.32 Å². The van der Waals surface area contributed by atoms with Crippen LogP contribution in [0.25, 0.3) is 0 Å². The molecule has 0 saturated carbocycles. The predicted octanol–water partition coefficient (Wildman–Crippen LogP) is 4.67. The summed E-state index contributed by atoms with van der Waals surface area (Å²) >= 11 is 15.5. The summed E-state index contributed by atoms with van der Waals surface area (Å²) in [6, 6.07) is 9.32. The smallest absolute Gasteiger partial charge is 0.255 e. The van der Waals surface area contributed by atoms with Crippen LogP contribution in [-0.2, 0) is 0 Å². The number of rotatable bonds is 2. The molecule has 0 radical (unpaired) electrons. The Kier molecular flexibility index (Phi) is 4.34. The summed E-state index contributed by atoms with van der Waals surface area (Å²) in [6.07, 6.45) is 0. The Bertz CT molecular complexity index is 625. The summed E-state index contributed by atoms with van der Waals surface area (Å²) in [7, 11) is 0. The molecule has 98 valence electrons. The van der Waals surface area contributed by atoms with Crippen LogP contribution in [0.3, 0.4) is 0 Å². The molecule has 2 nitrogen and oxygen atoms in total. The van der Waals surface area contributed by atoms with Gasteiger partial charge in [-0.25, -0.2) is 4.39 Å². The number of hydrogen-bond donors (Lipinski definition) is 2. The molecule has 2 rings (SSSR count). The number of nitrogens with one attached hydrogen (secondary N) is 1. The minimum absolute atomic E-state index is 0.147. The fourth-order valence-corrected chi connectivity index (χ4v) is 2.19. The number of benzene rings is 2. The Hall–Kier alpha value is -1.23. The van der Waals surface area contributed by atoms with Crippen LogP contribution in [0, 0.1) is 5.82 Å². The Morgan fingerprint density at radius 3 is 2.37 bits per heavy atom. The normalized spacial score (nSPS) is 10.3. The zero-order valence-corrected chi connectivity index (χ0v) is 11.9. The maximum Gasteiger partial charge on any atom is 0.255 e. The van der Waals surface area contributed by atoms with E-state index in [-0.39, 0.29) is 16.0 Å². The van der Waals surface area contributed by atoms with E-state index in [1.54, 1.807) is 24.3 Å². The first-order valence-electron chi connectivity index (χ1n) is 5.22. The highest BCUT2D eigenvalue weighted by Gasteiger charge is 2.11. The van der Waals surface area contributed by atoms with Gasteiger partial charge < -0.3 is 5.32 Å². The van der Waals surface area contributed by atoms with Crippen LogP contribution in [-0.4, -0.2) is 5.91 Å². The van der Waals surface area contributed by atoms with E-state index < -0.39 is 5.82 Å². The van der Waals surface area contributed by atoms with Crippen molar-refractivity contribution in [1.82, 2.24) is 0 Å². The molecule has 2 aromatic rings. The van der Waals surface area contributed by atoms with E-state index in [0.717, 1.165) is 0 Å². The first kappa shape index (κ1) is 14.2. The first-order valence-corrected chi connectivity index (χ1v) is 6.42. The van der Waals surface area contributed by atoms with Crippen molar-refractivity contribution in [2.24, 2.45) is 0 Å². The van der Waals surface area contributed by atoms with E-state index in [1.165, 1.54) is 12.1 Å². The molecule has 0 bridgehead atoms. The van der Waals surface area contributed by atoms with E-state index in [9.17, 15) is 9.18 Å². The average molecular weight is 316 g/mol. The number of hydrogen-bond acceptors (Lipinski definition) is 2. The summed E-state index contributed by atoms with van der Waals surface area (Å²) in [5.74, 6) is -1.06. The molecule has 0 heterocycles. The molecule has 0 aliphatic carbocycles. The van der Waals surface area contributed by atoms with Crippen molar-refractivity contribution in [3.8, 4) is 0 Å². The standard InChI is InChI=1S/C13H8Cl2FNOS/c14-10-5-8(6-11(15)12(10)16)17-13(18)7-2-1-3-9(19)4-7/h1-6,19H,(H,17,18). The molecule has 0 saturated heterocycles. The Morgan fingerprint density at radius 1 is 1.16 bits per heavy atom. The number of carbonyl (C=O) groups excluding carboxylic acids is 1. The quantitative estimate of drug-likeness (QED) is 0.612. The maximum atomic E-state index is 13.2. The molecule has 19 heavy (non-hydrogen) atoms. The Labute approximate surface area is 124 Å². The highest BCUT2D eigenvalue weighted by molar-refractivity contribution is 7.80. The molecule has 0 aliphatic heterocycles. The van der Waals surface area contributed by atoms with Crippen LogP contribution in [0.4, 0.5) is 10.1 Å². The van der Waals surface area contributed by atoms with Gasteiger partial charge in [-0.1, -0.05) is 29.3 Å². The predicted molar refractivity (Wildman–Crippen MR) is 78.1 cm³/mol. The molecule has 0 aromatic heterocycles. The van der Waals surface area contributed by atoms with Gasteiger partial charge in [-0.3, -0.25) is 4.79 Å². The van der Waals surface area contributed by atoms with Crippen molar-refractivity contribution in [2.45, 2.75) is 4.90 Å². The summed E-state index contributed by atoms with van der Waals surface area (Å²) in [5, 5.41) is 2.29. The molecule has 1 N–H and O–H groups in total. The van der Waals surface area contributed by atoms with Gasteiger partial charge in [0.25, 0.3) is 5.91 Å². The van der Waals surface area contributed by atoms with Gasteiger partial charge in [0.15, 0.2) is 5.82 Å². The largest absolute Gasteiger partial charge is 0.322 e. The zero-order valence-electron chi connectivity index (χ0n) is 9.45. The van der Waals surface area contributed by atoms with Gasteiger partial charge in [0.05, 0.1) is 10.0 Å². The molecular weight excluding hydrogens is 308 g/mol. The van der Waals surface area contributed by atoms with E-state index in [2.05, 4.69) is 17.9 Å². The van der Waals surface area contributed by atoms with E-state index >= 15 is 0 Å². The third kappa shape index (κ3) is 3.41. The minimum Gasteiger partial charge on any atom is -0.322 e. The SMILES string of the molecule is O=C(Nc1cc(Cl)c(F)c(Cl)c1)c1cccc(S)c1. The summed E-state index contributed by atoms with van der Waals surface area (Å²) in [5.41, 5.74) is 0.759. The van der Waals surface area contributed by atoms with Gasteiger partial charge in [0.1, 0.15) is 0 Å². The molecular formula is C13H8Cl2FNOS. The Morgan fingerprint density at radius 2 is 1.79 bits per heavy atom. The average Bonchev–Trinajstić information content (AvgIpc) is 2.36. The molecule has 0 atom stereocenters. The number of halogens is 3. The van der Waals surface area contributed by atoms with Gasteiger partial charge in [0, 0.05) is 16.1 Å². The highest BCUT2D eigenvalue weighted by atomic mass is 35.5. The topological polar surface area (TPSA) is 29.1 Å². The number of anilines is 1. The number of thiol groups is 1. The third-order valence-electron chi connectivity index (χ3n) is 2.35. The van der Waals surface area contributed by atoms with Gasteiger partial charge in [-0.05, 0) is 30.3 Å². The molecule has 0 fully saturated rings. The molecule has 0 spiro atoms. The molecule has 0 unspecified atom stereocenters. The lowest BCUT2D eigenvalue weighted by Crippen LogP contribution is -2.11. The van der Waals surface area contributed by atoms with Gasteiger partial charge in [-0.2, -0.15) is 0 Å². The van der Waals surface area contributed by atoms with Crippen LogP contribution < -0.4 is 5.32 Å². The van der Waals surface area contributed by atoms with E-state index in [0.29, 0.717) is 16.1 Å². The second-order valence-corrected chi connectivity index (χ2v) is 5.09. The van der Waals surface area contributed by atoms with E-state index in [4.69, 9.17) is 23.2 Å². The molecule has 0 aliphatic rings. The highest BCUT2D eigenvalue weighted by Crippen LogP contribution is 2.27. The molecule has 1 amide bonds. The zero-order chi connectivity index (χ0) is 14.0. The van der Waals surface area contributed by atoms with Crippen molar-refractivity contribution < 1.29 is 9.18 Å². The van der Waals surface area contributed by atoms with Gasteiger partial charge in [0.2, 0.25) is 0 Å². The maximum absolute atomic E-state index is 13.2. The molecule has 6 heteroatoms. The van der Waals surface area contributed by atoms with Crippen molar-refractivity contribution in [1.29, 1.82) is 0 Å². The van der Waals surface area contributed by atoms with Crippen LogP contribution in [0.1, 0.15) is 10.4 Å². The lowest BCUT2D eigenvalue weighted by Gasteiger charge is -2.07. The van der Waals surface area contributed by atoms with Crippen molar-refractivity contribution in [3.05, 3.63) is 57.8 Å². The van der Waals surface area contributed by atoms with Crippen LogP contribution >= 0.6 is 35.8 Å². The summed E-state index contributed by atoms with van der Waals surface area (Å²) < 4.78 is 13.2. The fourth-order valence-electron chi connectivity index (χ4n) is 1.48. The van der Waals surface area contributed by atoms with Gasteiger partial charge in [-0.15, -0.1) is 12.6 Å². The summed E-state index contributed by atoms with van der Waals surface area (Å²) in [6.45, 7) is 0. The second-order valence-electron chi connectivity index (χ2n) is 3.76. The minimum atomic E-state index is -0.710. The van der Waals surface area contributed by atoms with E-state index in [1.807, 2.05) is 0 Å². The monoisotopic (exact) mass is 315 g/mol. The molecule has 2 aromatic carbocycles. The lowest BCUT2D eigenvalue weighted by molar-refractivity contribution is 0.102. The number of amides is 1. The van der Waals surface area contributed by atoms with Gasteiger partial charge >= 0.3 is 0 Å². The van der Waals surface area contributed by atoms with Crippen molar-refractivity contribution >= 4 is 47.4 Å². The fraction of sp³-hybridized carbons (Fsp3) is 0. The third-order valence-corrected chi connectivity index (χ3v) is 3.18. The van der Waals surface area contributed by atoms with Crippen molar-refractivity contribution in [3.63, 3.8) is 0 Å². The second kappa shape index (κ2) is 5.82. The number of carbonyl (C=O) groups is 1.